The van der Waals surface area contributed by atoms with E-state index in [9.17, 15) is 14.8 Å². The number of esters is 1. The lowest BCUT2D eigenvalue weighted by Crippen LogP contribution is -2.42. The van der Waals surface area contributed by atoms with Gasteiger partial charge in [-0.05, 0) is 45.0 Å². The van der Waals surface area contributed by atoms with Gasteiger partial charge in [-0.15, -0.1) is 6.42 Å². The maximum Gasteiger partial charge on any atom is 0.412 e. The zero-order valence-corrected chi connectivity index (χ0v) is 24.0. The third-order valence-corrected chi connectivity index (χ3v) is 6.70. The van der Waals surface area contributed by atoms with Gasteiger partial charge in [0.15, 0.2) is 29.0 Å². The minimum atomic E-state index is -2.65. The number of ether oxygens (including phenoxy) is 3. The van der Waals surface area contributed by atoms with Gasteiger partial charge in [-0.25, -0.2) is 9.37 Å². The van der Waals surface area contributed by atoms with Crippen molar-refractivity contribution in [2.45, 2.75) is 57.0 Å². The number of anilines is 2. The van der Waals surface area contributed by atoms with E-state index in [2.05, 4.69) is 30.5 Å². The number of aromatic nitrogens is 4. The van der Waals surface area contributed by atoms with Crippen LogP contribution < -0.4 is 30.6 Å². The summed E-state index contributed by atoms with van der Waals surface area (Å²) >= 11 is 0. The van der Waals surface area contributed by atoms with Gasteiger partial charge in [0.25, 0.3) is 0 Å². The summed E-state index contributed by atoms with van der Waals surface area (Å²) in [7, 11) is -0.930. The number of carbonyl (C=O) groups is 1. The van der Waals surface area contributed by atoms with Gasteiger partial charge in [0.05, 0.1) is 12.4 Å². The molecule has 3 aromatic rings. The van der Waals surface area contributed by atoms with Crippen LogP contribution in [-0.4, -0.2) is 74.3 Å². The Balaban J connectivity index is 1.39. The number of rotatable bonds is 11. The lowest BCUT2D eigenvalue weighted by molar-refractivity contribution is -0.169. The van der Waals surface area contributed by atoms with E-state index in [1.165, 1.54) is 42.1 Å². The van der Waals surface area contributed by atoms with Crippen molar-refractivity contribution in [1.29, 1.82) is 0 Å². The molecule has 2 aromatic heterocycles. The first kappa shape index (κ1) is 30.8. The van der Waals surface area contributed by atoms with Crippen LogP contribution in [0.5, 0.6) is 11.5 Å². The molecular weight excluding hydrogens is 574 g/mol. The number of terminal acetylenes is 1. The highest BCUT2D eigenvalue weighted by Gasteiger charge is 2.58. The Morgan fingerprint density at radius 2 is 2.05 bits per heavy atom. The summed E-state index contributed by atoms with van der Waals surface area (Å²) in [6.07, 6.45) is 2.06. The Hall–Kier alpha value is -4.13. The fraction of sp³-hybridized carbons (Fsp3) is 0.440. The number of aliphatic hydroxyl groups excluding tert-OH is 1. The average molecular weight is 605 g/mol. The molecule has 0 saturated carbocycles. The van der Waals surface area contributed by atoms with Gasteiger partial charge < -0.3 is 35.3 Å². The number of hydrogen-bond acceptors (Lipinski definition) is 13. The van der Waals surface area contributed by atoms with Gasteiger partial charge in [0.1, 0.15) is 30.6 Å². The summed E-state index contributed by atoms with van der Waals surface area (Å²) in [6, 6.07) is 5.11. The van der Waals surface area contributed by atoms with Crippen LogP contribution in [0.15, 0.2) is 35.4 Å². The number of nitrogens with one attached hydrogen (secondary N) is 2. The van der Waals surface area contributed by atoms with Crippen molar-refractivity contribution >= 4 is 37.1 Å². The molecule has 0 bridgehead atoms. The van der Waals surface area contributed by atoms with Crippen molar-refractivity contribution in [3.8, 4) is 23.8 Å². The van der Waals surface area contributed by atoms with Crippen LogP contribution in [0, 0.1) is 12.3 Å². The van der Waals surface area contributed by atoms with E-state index in [-0.39, 0.29) is 30.1 Å². The third kappa shape index (κ3) is 6.51. The van der Waals surface area contributed by atoms with Crippen molar-refractivity contribution in [1.82, 2.24) is 24.9 Å². The molecule has 0 spiro atoms. The summed E-state index contributed by atoms with van der Waals surface area (Å²) in [5, 5.41) is 13.6. The molecule has 0 radical (unpaired) electrons. The molecule has 1 aliphatic rings. The minimum Gasteiger partial charge on any atom is -0.574 e. The van der Waals surface area contributed by atoms with E-state index >= 15 is 4.39 Å². The highest BCUT2D eigenvalue weighted by Crippen LogP contribution is 2.43. The summed E-state index contributed by atoms with van der Waals surface area (Å²) < 4.78 is 39.0. The first-order valence-corrected chi connectivity index (χ1v) is 13.8. The predicted octanol–water partition coefficient (Wildman–Crippen LogP) is 1.21. The number of aliphatic hydroxyl groups is 1. The molecule has 1 fully saturated rings. The maximum atomic E-state index is 15.9. The Kier molecular flexibility index (Phi) is 9.40. The number of hydrogen-bond donors (Lipinski definition) is 4. The molecule has 1 unspecified atom stereocenters. The zero-order chi connectivity index (χ0) is 30.6. The van der Waals surface area contributed by atoms with Crippen LogP contribution >= 0.6 is 8.17 Å². The quantitative estimate of drug-likeness (QED) is 0.105. The third-order valence-electron chi connectivity index (χ3n) is 6.06. The van der Waals surface area contributed by atoms with Crippen LogP contribution in [-0.2, 0) is 14.3 Å². The number of imidazole rings is 1. The second-order valence-corrected chi connectivity index (χ2v) is 10.3. The molecule has 6 atom stereocenters. The number of nitrogens with two attached hydrogens (primary N) is 1. The van der Waals surface area contributed by atoms with E-state index in [1.807, 2.05) is 5.92 Å². The number of carbonyl (C=O) groups excluding carboxylic acids is 1. The molecule has 15 nitrogen and oxygen atoms in total. The number of alkyl halides is 1. The summed E-state index contributed by atoms with van der Waals surface area (Å²) in [5.41, 5.74) is 6.03. The Morgan fingerprint density at radius 3 is 2.69 bits per heavy atom. The molecule has 17 heteroatoms. The number of nitrogen functional groups attached to an aromatic ring is 1. The van der Waals surface area contributed by atoms with E-state index < -0.39 is 44.3 Å². The Labute approximate surface area is 241 Å². The van der Waals surface area contributed by atoms with Crippen LogP contribution in [0.3, 0.4) is 0 Å². The molecule has 224 valence electrons. The van der Waals surface area contributed by atoms with E-state index in [1.54, 1.807) is 20.9 Å². The molecule has 1 aliphatic heterocycles. The van der Waals surface area contributed by atoms with E-state index in [0.29, 0.717) is 17.1 Å². The molecular formula is C25H30FN8O7P. The highest BCUT2D eigenvalue weighted by atomic mass is 31.1. The van der Waals surface area contributed by atoms with Gasteiger partial charge in [-0.2, -0.15) is 15.4 Å². The Bertz CT molecular complexity index is 1500. The van der Waals surface area contributed by atoms with Crippen molar-refractivity contribution in [3.63, 3.8) is 0 Å². The first-order chi connectivity index (χ1) is 20.0. The van der Waals surface area contributed by atoms with Crippen molar-refractivity contribution < 1.29 is 37.9 Å². The van der Waals surface area contributed by atoms with Gasteiger partial charge in [0.2, 0.25) is 11.6 Å². The van der Waals surface area contributed by atoms with Crippen LogP contribution in [0.1, 0.15) is 27.0 Å². The van der Waals surface area contributed by atoms with Gasteiger partial charge in [-0.1, -0.05) is 5.92 Å². The van der Waals surface area contributed by atoms with Gasteiger partial charge in [-0.3, -0.25) is 13.9 Å². The largest absolute Gasteiger partial charge is 0.574 e. The fourth-order valence-corrected chi connectivity index (χ4v) is 4.61. The average Bonchev–Trinajstić information content (AvgIpc) is 3.48. The topological polar surface area (TPSA) is 203 Å². The number of nitrogens with zero attached hydrogens (tertiary/aromatic N) is 5. The normalized spacial score (nSPS) is 23.0. The van der Waals surface area contributed by atoms with E-state index in [4.69, 9.17) is 30.9 Å². The van der Waals surface area contributed by atoms with Crippen molar-refractivity contribution in [3.05, 3.63) is 30.6 Å². The van der Waals surface area contributed by atoms with Crippen molar-refractivity contribution in [2.24, 2.45) is 4.85 Å². The maximum absolute atomic E-state index is 15.9. The molecule has 0 amide bonds. The molecule has 0 aliphatic carbocycles. The van der Waals surface area contributed by atoms with Gasteiger partial charge >= 0.3 is 14.1 Å². The second-order valence-electron chi connectivity index (χ2n) is 9.44. The standard InChI is InChI=1S/C25H30FN8O7P/c1-6-25(26)19(35)17(40-23(25)34-12-29-18-20(28-5)30-24(27)31-21(18)34)11-38-15-7-9-16(10-8-15)41-42(37)33-32-14(4)22(36)39-13(2)3/h1,7-10,12-14,17,19,23,32,35H,11H2,2-5H3,(H3,27,28,30,31)/t14-,17+,19+,23+,25+/m0/s1. The summed E-state index contributed by atoms with van der Waals surface area (Å²) in [5.74, 6) is 2.21. The summed E-state index contributed by atoms with van der Waals surface area (Å²) in [4.78, 5) is 39.9. The molecule has 42 heavy (non-hydrogen) atoms. The van der Waals surface area contributed by atoms with Crippen LogP contribution in [0.2, 0.25) is 0 Å². The molecule has 3 heterocycles. The van der Waals surface area contributed by atoms with E-state index in [0.717, 1.165) is 0 Å². The number of benzene rings is 1. The zero-order valence-electron chi connectivity index (χ0n) is 23.1. The smallest absolute Gasteiger partial charge is 0.412 e. The number of fused-ring (bicyclic) bond motifs is 1. The summed E-state index contributed by atoms with van der Waals surface area (Å²) in [6.45, 7) is 4.66. The Morgan fingerprint density at radius 1 is 1.36 bits per heavy atom. The molecule has 4 rings (SSSR count). The van der Waals surface area contributed by atoms with Crippen LogP contribution in [0.25, 0.3) is 11.2 Å². The second kappa shape index (κ2) is 12.8. The highest BCUT2D eigenvalue weighted by molar-refractivity contribution is 7.33. The van der Waals surface area contributed by atoms with Crippen LogP contribution in [0.4, 0.5) is 16.2 Å². The van der Waals surface area contributed by atoms with Crippen molar-refractivity contribution in [2.75, 3.05) is 24.7 Å². The van der Waals surface area contributed by atoms with Gasteiger partial charge in [0, 0.05) is 11.9 Å². The lowest BCUT2D eigenvalue weighted by Gasteiger charge is -2.23. The molecule has 1 saturated heterocycles. The fourth-order valence-electron chi connectivity index (χ4n) is 4.00. The minimum absolute atomic E-state index is 0.0833. The monoisotopic (exact) mass is 604 g/mol. The number of halogens is 1. The first-order valence-electron chi connectivity index (χ1n) is 12.7. The molecule has 5 N–H and O–H groups in total. The lowest BCUT2D eigenvalue weighted by atomic mass is 9.97. The SMILES string of the molecule is C#C[C@@]1(F)[C@H](O)[C@@H](COc2ccc(O/[P+]([O-])=N/N[C@@H](C)C(=O)OC(C)C)cc2)O[C@H]1n1cnc2c(NC)nc(N)nc21. The predicted molar refractivity (Wildman–Crippen MR) is 148 cm³/mol. The molecule has 1 aromatic carbocycles.